The Morgan fingerprint density at radius 3 is 2.71 bits per heavy atom. The maximum absolute atomic E-state index is 6.02. The highest BCUT2D eigenvalue weighted by molar-refractivity contribution is 6.08. The lowest BCUT2D eigenvalue weighted by molar-refractivity contribution is 0.185. The molecule has 1 atom stereocenters. The lowest BCUT2D eigenvalue weighted by Gasteiger charge is -2.16. The van der Waals surface area contributed by atoms with Gasteiger partial charge in [0.05, 0.1) is 5.52 Å². The number of pyridine rings is 2. The molecule has 0 fully saturated rings. The van der Waals surface area contributed by atoms with Gasteiger partial charge in [-0.15, -0.1) is 6.58 Å². The Bertz CT molecular complexity index is 1120. The van der Waals surface area contributed by atoms with Crippen LogP contribution in [0.5, 0.6) is 5.88 Å². The zero-order chi connectivity index (χ0) is 19.5. The van der Waals surface area contributed by atoms with Gasteiger partial charge in [-0.2, -0.15) is 0 Å². The molecule has 0 aliphatic heterocycles. The number of nitrogens with zero attached hydrogens (tertiary/aromatic N) is 3. The van der Waals surface area contributed by atoms with Gasteiger partial charge in [0.25, 0.3) is 0 Å². The Balaban J connectivity index is 0.00000240. The third kappa shape index (κ3) is 3.38. The summed E-state index contributed by atoms with van der Waals surface area (Å²) in [6.07, 6.45) is 10.6. The maximum atomic E-state index is 6.02. The van der Waals surface area contributed by atoms with Crippen molar-refractivity contribution < 1.29 is 6.16 Å². The van der Waals surface area contributed by atoms with E-state index >= 15 is 0 Å². The molecule has 0 aliphatic rings. The lowest BCUT2D eigenvalue weighted by Crippen LogP contribution is -2.15. The summed E-state index contributed by atoms with van der Waals surface area (Å²) in [6.45, 7) is 5.98. The Morgan fingerprint density at radius 1 is 1.11 bits per heavy atom. The summed E-state index contributed by atoms with van der Waals surface area (Å²) in [5.41, 5.74) is 4.60. The summed E-state index contributed by atoms with van der Waals surface area (Å²) < 4.78 is 8.24. The molecule has 3 aromatic heterocycles. The fourth-order valence-electron chi connectivity index (χ4n) is 3.76. The van der Waals surface area contributed by atoms with E-state index in [1.807, 2.05) is 30.7 Å². The highest BCUT2D eigenvalue weighted by Crippen LogP contribution is 2.31. The van der Waals surface area contributed by atoms with Crippen LogP contribution < -0.4 is 4.74 Å². The number of rotatable bonds is 7. The number of hydrogen-bond acceptors (Lipinski definition) is 3. The Labute approximate surface area is 167 Å². The first kappa shape index (κ1) is 18.2. The van der Waals surface area contributed by atoms with Crippen LogP contribution in [0.15, 0.2) is 67.6 Å². The van der Waals surface area contributed by atoms with Gasteiger partial charge in [-0.05, 0) is 30.2 Å². The standard InChI is InChI=1S/C24H25N3O.H2/c1-4-6-19(7-5-2)28-24-11-9-18(15-26-24)17-8-10-20-21-16-25-13-12-22(21)27(3)23(20)14-17;/h4,8-16,19H,1,5-7H2,2-3H3;1H. The summed E-state index contributed by atoms with van der Waals surface area (Å²) in [5, 5.41) is 2.40. The smallest absolute Gasteiger partial charge is 0.213 e. The van der Waals surface area contributed by atoms with Gasteiger partial charge in [-0.25, -0.2) is 4.98 Å². The molecule has 4 aromatic rings. The van der Waals surface area contributed by atoms with Gasteiger partial charge in [0, 0.05) is 61.4 Å². The first-order valence-corrected chi connectivity index (χ1v) is 9.77. The molecule has 0 amide bonds. The topological polar surface area (TPSA) is 39.9 Å². The van der Waals surface area contributed by atoms with Crippen molar-refractivity contribution in [2.45, 2.75) is 32.3 Å². The molecule has 144 valence electrons. The van der Waals surface area contributed by atoms with E-state index in [-0.39, 0.29) is 7.53 Å². The largest absolute Gasteiger partial charge is 0.474 e. The van der Waals surface area contributed by atoms with Crippen molar-refractivity contribution >= 4 is 21.8 Å². The van der Waals surface area contributed by atoms with Crippen LogP contribution >= 0.6 is 0 Å². The molecule has 0 aliphatic carbocycles. The molecule has 4 nitrogen and oxygen atoms in total. The highest BCUT2D eigenvalue weighted by Gasteiger charge is 2.11. The van der Waals surface area contributed by atoms with Gasteiger partial charge < -0.3 is 9.30 Å². The molecule has 0 spiro atoms. The van der Waals surface area contributed by atoms with Gasteiger partial charge in [0.15, 0.2) is 0 Å². The van der Waals surface area contributed by atoms with E-state index < -0.39 is 0 Å². The molecule has 3 heterocycles. The number of benzene rings is 1. The number of aryl methyl sites for hydroxylation is 1. The van der Waals surface area contributed by atoms with Crippen molar-refractivity contribution in [2.24, 2.45) is 7.05 Å². The maximum Gasteiger partial charge on any atom is 0.213 e. The zero-order valence-electron chi connectivity index (χ0n) is 16.4. The molecule has 1 aromatic carbocycles. The van der Waals surface area contributed by atoms with Gasteiger partial charge in [0.1, 0.15) is 6.10 Å². The Morgan fingerprint density at radius 2 is 1.96 bits per heavy atom. The molecular weight excluding hydrogens is 346 g/mol. The second-order valence-corrected chi connectivity index (χ2v) is 7.12. The average Bonchev–Trinajstić information content (AvgIpc) is 3.01. The summed E-state index contributed by atoms with van der Waals surface area (Å²) in [4.78, 5) is 8.80. The first-order valence-electron chi connectivity index (χ1n) is 9.77. The van der Waals surface area contributed by atoms with Crippen LogP contribution in [0.4, 0.5) is 0 Å². The van der Waals surface area contributed by atoms with Crippen LogP contribution in [-0.2, 0) is 7.05 Å². The van der Waals surface area contributed by atoms with Crippen molar-refractivity contribution in [2.75, 3.05) is 0 Å². The summed E-state index contributed by atoms with van der Waals surface area (Å²) in [7, 11) is 2.09. The SMILES string of the molecule is C=CCC(CCC)Oc1ccc(-c2ccc3c4cnccc4n(C)c3c2)cn1.[HH]. The van der Waals surface area contributed by atoms with E-state index in [4.69, 9.17) is 4.74 Å². The predicted molar refractivity (Wildman–Crippen MR) is 118 cm³/mol. The second kappa shape index (κ2) is 7.85. The quantitative estimate of drug-likeness (QED) is 0.364. The van der Waals surface area contributed by atoms with Crippen molar-refractivity contribution in [3.63, 3.8) is 0 Å². The van der Waals surface area contributed by atoms with Crippen molar-refractivity contribution in [3.8, 4) is 17.0 Å². The fraction of sp³-hybridized carbons (Fsp3) is 0.250. The Hall–Kier alpha value is -3.14. The van der Waals surface area contributed by atoms with Crippen LogP contribution in [0.3, 0.4) is 0 Å². The second-order valence-electron chi connectivity index (χ2n) is 7.12. The van der Waals surface area contributed by atoms with Crippen LogP contribution in [0, 0.1) is 0 Å². The summed E-state index contributed by atoms with van der Waals surface area (Å²) >= 11 is 0. The molecule has 4 rings (SSSR count). The normalized spacial score (nSPS) is 12.4. The summed E-state index contributed by atoms with van der Waals surface area (Å²) in [6, 6.07) is 12.6. The molecule has 1 unspecified atom stereocenters. The molecule has 0 saturated carbocycles. The van der Waals surface area contributed by atoms with Crippen LogP contribution in [0.1, 0.15) is 27.6 Å². The molecule has 28 heavy (non-hydrogen) atoms. The minimum atomic E-state index is 0. The third-order valence-corrected chi connectivity index (χ3v) is 5.21. The van der Waals surface area contributed by atoms with E-state index in [9.17, 15) is 0 Å². The van der Waals surface area contributed by atoms with Gasteiger partial charge in [-0.3, -0.25) is 4.98 Å². The monoisotopic (exact) mass is 373 g/mol. The van der Waals surface area contributed by atoms with Crippen LogP contribution in [-0.4, -0.2) is 20.6 Å². The van der Waals surface area contributed by atoms with Gasteiger partial charge in [-0.1, -0.05) is 31.6 Å². The van der Waals surface area contributed by atoms with Gasteiger partial charge >= 0.3 is 0 Å². The minimum absolute atomic E-state index is 0. The van der Waals surface area contributed by atoms with Gasteiger partial charge in [0.2, 0.25) is 5.88 Å². The molecule has 0 radical (unpaired) electrons. The number of hydrogen-bond donors (Lipinski definition) is 0. The number of aromatic nitrogens is 3. The van der Waals surface area contributed by atoms with E-state index in [2.05, 4.69) is 65.4 Å². The van der Waals surface area contributed by atoms with E-state index in [1.54, 1.807) is 0 Å². The highest BCUT2D eigenvalue weighted by atomic mass is 16.5. The molecule has 0 bridgehead atoms. The molecule has 0 saturated heterocycles. The molecule has 4 heteroatoms. The Kier molecular flexibility index (Phi) is 5.11. The fourth-order valence-corrected chi connectivity index (χ4v) is 3.76. The van der Waals surface area contributed by atoms with Crippen molar-refractivity contribution in [1.29, 1.82) is 0 Å². The molecule has 0 N–H and O–H groups in total. The third-order valence-electron chi connectivity index (χ3n) is 5.21. The van der Waals surface area contributed by atoms with Crippen molar-refractivity contribution in [1.82, 2.24) is 14.5 Å². The number of fused-ring (bicyclic) bond motifs is 3. The van der Waals surface area contributed by atoms with E-state index in [1.165, 1.54) is 21.8 Å². The van der Waals surface area contributed by atoms with Crippen LogP contribution in [0.25, 0.3) is 32.9 Å². The van der Waals surface area contributed by atoms with E-state index in [0.717, 1.165) is 30.4 Å². The zero-order valence-corrected chi connectivity index (χ0v) is 16.4. The molecular formula is C24H27N3O. The van der Waals surface area contributed by atoms with Crippen molar-refractivity contribution in [3.05, 3.63) is 67.6 Å². The average molecular weight is 374 g/mol. The number of ether oxygens (including phenoxy) is 1. The van der Waals surface area contributed by atoms with Crippen LogP contribution in [0.2, 0.25) is 0 Å². The predicted octanol–water partition coefficient (Wildman–Crippen LogP) is 6.16. The first-order chi connectivity index (χ1) is 13.7. The summed E-state index contributed by atoms with van der Waals surface area (Å²) in [5.74, 6) is 0.667. The lowest BCUT2D eigenvalue weighted by atomic mass is 10.1. The minimum Gasteiger partial charge on any atom is -0.474 e. The van der Waals surface area contributed by atoms with E-state index in [0.29, 0.717) is 5.88 Å².